The highest BCUT2D eigenvalue weighted by Gasteiger charge is 2.22. The second-order valence-electron chi connectivity index (χ2n) is 11.3. The smallest absolute Gasteiger partial charge is 0.140 e. The molecule has 0 saturated heterocycles. The van der Waals surface area contributed by atoms with Gasteiger partial charge in [-0.05, 0) is 99.6 Å². The lowest BCUT2D eigenvalue weighted by molar-refractivity contribution is -0.130. The van der Waals surface area contributed by atoms with Gasteiger partial charge in [-0.2, -0.15) is 0 Å². The molecular weight excluding hydrogens is 506 g/mol. The summed E-state index contributed by atoms with van der Waals surface area (Å²) < 4.78 is 5.37. The molecule has 1 N–H and O–H groups in total. The van der Waals surface area contributed by atoms with Crippen molar-refractivity contribution in [1.29, 1.82) is 0 Å². The summed E-state index contributed by atoms with van der Waals surface area (Å²) in [5.74, 6) is 1.67. The first-order valence-corrected chi connectivity index (χ1v) is 15.5. The van der Waals surface area contributed by atoms with Crippen molar-refractivity contribution in [2.75, 3.05) is 19.5 Å². The fourth-order valence-corrected chi connectivity index (χ4v) is 3.28. The molecule has 1 rings (SSSR count). The summed E-state index contributed by atoms with van der Waals surface area (Å²) in [5.41, 5.74) is 6.74. The molecule has 0 aliphatic rings. The van der Waals surface area contributed by atoms with E-state index in [1.165, 1.54) is 43.5 Å². The first-order valence-electron chi connectivity index (χ1n) is 15.5. The molecule has 0 radical (unpaired) electrons. The molecule has 0 aliphatic heterocycles. The molecule has 236 valence electrons. The standard InChI is InChI=1S/C16H24O3.C11H17N.2C5H12/c1-8-10(2)16(19-7)12(4)11(3)9-15(13(5)17)14(6)18;1-4-9-6-7-11(12-3)10(5-2)8-9;2*1-4-5(2)3/h8,15H,3,9H2,1-2,4-7H3;6-8,12H,4-5H2,1-3H3;2*5H,4H2,1-3H3/b10-8-,16-12+;;;. The lowest BCUT2D eigenvalue weighted by Gasteiger charge is -2.16. The zero-order valence-corrected chi connectivity index (χ0v) is 29.5. The Morgan fingerprint density at radius 3 is 1.66 bits per heavy atom. The number of hydrogen-bond donors (Lipinski definition) is 1. The predicted octanol–water partition coefficient (Wildman–Crippen LogP) is 10.6. The maximum absolute atomic E-state index is 11.5. The molecule has 1 aromatic carbocycles. The van der Waals surface area contributed by atoms with Crippen molar-refractivity contribution >= 4 is 17.3 Å². The minimum atomic E-state index is -0.605. The number of anilines is 1. The van der Waals surface area contributed by atoms with E-state index in [-0.39, 0.29) is 11.6 Å². The van der Waals surface area contributed by atoms with Crippen LogP contribution in [-0.4, -0.2) is 25.7 Å². The molecule has 4 heteroatoms. The van der Waals surface area contributed by atoms with Gasteiger partial charge in [0.15, 0.2) is 0 Å². The largest absolute Gasteiger partial charge is 0.496 e. The van der Waals surface area contributed by atoms with Gasteiger partial charge < -0.3 is 10.1 Å². The molecule has 0 heterocycles. The Labute approximate surface area is 255 Å². The SMILES string of the molecule is C=C(CC(C(C)=O)C(C)=O)/C(C)=C(OC)\C(C)=C/C.CCC(C)C.CCC(C)C.CCc1ccc(NC)c(CC)c1. The molecule has 0 aromatic heterocycles. The maximum Gasteiger partial charge on any atom is 0.140 e. The second kappa shape index (κ2) is 25.1. The third-order valence-corrected chi connectivity index (χ3v) is 7.16. The minimum Gasteiger partial charge on any atom is -0.496 e. The Balaban J connectivity index is -0.000000553. The molecule has 0 bridgehead atoms. The summed E-state index contributed by atoms with van der Waals surface area (Å²) in [6.07, 6.45) is 7.13. The van der Waals surface area contributed by atoms with Gasteiger partial charge in [0.05, 0.1) is 13.0 Å². The average Bonchev–Trinajstić information content (AvgIpc) is 2.95. The molecule has 4 nitrogen and oxygen atoms in total. The predicted molar refractivity (Wildman–Crippen MR) is 183 cm³/mol. The van der Waals surface area contributed by atoms with Crippen molar-refractivity contribution in [3.8, 4) is 0 Å². The van der Waals surface area contributed by atoms with E-state index in [0.29, 0.717) is 6.42 Å². The third kappa shape index (κ3) is 20.0. The van der Waals surface area contributed by atoms with Crippen molar-refractivity contribution in [2.45, 2.75) is 122 Å². The molecule has 0 aliphatic carbocycles. The number of hydrogen-bond acceptors (Lipinski definition) is 4. The molecule has 0 spiro atoms. The molecule has 0 fully saturated rings. The van der Waals surface area contributed by atoms with Gasteiger partial charge in [0.2, 0.25) is 0 Å². The third-order valence-electron chi connectivity index (χ3n) is 7.16. The number of carbonyl (C=O) groups excluding carboxylic acids is 2. The minimum absolute atomic E-state index is 0.122. The highest BCUT2D eigenvalue weighted by molar-refractivity contribution is 6.00. The Kier molecular flexibility index (Phi) is 26.2. The van der Waals surface area contributed by atoms with Crippen LogP contribution in [0.4, 0.5) is 5.69 Å². The molecule has 1 aromatic rings. The quantitative estimate of drug-likeness (QED) is 0.154. The highest BCUT2D eigenvalue weighted by atomic mass is 16.5. The number of rotatable bonds is 12. The Bertz CT molecular complexity index is 929. The maximum atomic E-state index is 11.5. The summed E-state index contributed by atoms with van der Waals surface area (Å²) in [6.45, 7) is 30.3. The van der Waals surface area contributed by atoms with Crippen LogP contribution >= 0.6 is 0 Å². The average molecular weight is 572 g/mol. The van der Waals surface area contributed by atoms with E-state index in [1.54, 1.807) is 7.11 Å². The van der Waals surface area contributed by atoms with Crippen molar-refractivity contribution in [2.24, 2.45) is 17.8 Å². The number of methoxy groups -OCH3 is 1. The number of ether oxygens (including phenoxy) is 1. The molecule has 41 heavy (non-hydrogen) atoms. The summed E-state index contributed by atoms with van der Waals surface area (Å²) in [5, 5.41) is 3.20. The topological polar surface area (TPSA) is 55.4 Å². The van der Waals surface area contributed by atoms with Crippen molar-refractivity contribution in [3.05, 3.63) is 64.5 Å². The highest BCUT2D eigenvalue weighted by Crippen LogP contribution is 2.25. The normalized spacial score (nSPS) is 11.3. The number of benzene rings is 1. The van der Waals surface area contributed by atoms with Gasteiger partial charge in [-0.3, -0.25) is 9.59 Å². The van der Waals surface area contributed by atoms with E-state index in [9.17, 15) is 9.59 Å². The summed E-state index contributed by atoms with van der Waals surface area (Å²) in [4.78, 5) is 22.9. The Hall–Kier alpha value is -2.62. The lowest BCUT2D eigenvalue weighted by atomic mass is 9.89. The summed E-state index contributed by atoms with van der Waals surface area (Å²) in [7, 11) is 3.58. The Morgan fingerprint density at radius 2 is 1.37 bits per heavy atom. The van der Waals surface area contributed by atoms with E-state index in [0.717, 1.165) is 47.2 Å². The fourth-order valence-electron chi connectivity index (χ4n) is 3.28. The van der Waals surface area contributed by atoms with E-state index in [2.05, 4.69) is 85.5 Å². The first kappa shape index (κ1) is 42.8. The van der Waals surface area contributed by atoms with Gasteiger partial charge in [0.1, 0.15) is 17.3 Å². The van der Waals surface area contributed by atoms with Crippen molar-refractivity contribution < 1.29 is 14.3 Å². The lowest BCUT2D eigenvalue weighted by Crippen LogP contribution is -2.20. The second-order valence-corrected chi connectivity index (χ2v) is 11.3. The van der Waals surface area contributed by atoms with E-state index < -0.39 is 5.92 Å². The van der Waals surface area contributed by atoms with Crippen LogP contribution in [0, 0.1) is 17.8 Å². The van der Waals surface area contributed by atoms with Gasteiger partial charge >= 0.3 is 0 Å². The molecule has 0 saturated carbocycles. The van der Waals surface area contributed by atoms with Crippen LogP contribution in [0.1, 0.15) is 120 Å². The van der Waals surface area contributed by atoms with E-state index in [4.69, 9.17) is 4.74 Å². The van der Waals surface area contributed by atoms with Gasteiger partial charge in [-0.25, -0.2) is 0 Å². The van der Waals surface area contributed by atoms with Crippen LogP contribution in [0.5, 0.6) is 0 Å². The number of allylic oxidation sites excluding steroid dienone is 4. The van der Waals surface area contributed by atoms with Crippen LogP contribution in [0.25, 0.3) is 0 Å². The van der Waals surface area contributed by atoms with E-state index >= 15 is 0 Å². The monoisotopic (exact) mass is 571 g/mol. The van der Waals surface area contributed by atoms with Crippen LogP contribution < -0.4 is 5.32 Å². The zero-order valence-electron chi connectivity index (χ0n) is 29.5. The van der Waals surface area contributed by atoms with Crippen molar-refractivity contribution in [3.63, 3.8) is 0 Å². The summed E-state index contributed by atoms with van der Waals surface area (Å²) >= 11 is 0. The van der Waals surface area contributed by atoms with Crippen molar-refractivity contribution in [1.82, 2.24) is 0 Å². The molecule has 0 amide bonds. The number of Topliss-reactive ketones (excluding diaryl/α,β-unsaturated/α-hetero) is 2. The van der Waals surface area contributed by atoms with Crippen LogP contribution in [0.2, 0.25) is 0 Å². The summed E-state index contributed by atoms with van der Waals surface area (Å²) in [6, 6.07) is 6.63. The van der Waals surface area contributed by atoms with E-state index in [1.807, 2.05) is 33.9 Å². The zero-order chi connectivity index (χ0) is 32.7. The molecule has 0 unspecified atom stereocenters. The number of aryl methyl sites for hydroxylation is 2. The number of ketones is 2. The van der Waals surface area contributed by atoms with Crippen LogP contribution in [0.15, 0.2) is 53.3 Å². The molecule has 0 atom stereocenters. The number of carbonyl (C=O) groups is 2. The van der Waals surface area contributed by atoms with Gasteiger partial charge in [0.25, 0.3) is 0 Å². The van der Waals surface area contributed by atoms with Crippen LogP contribution in [0.3, 0.4) is 0 Å². The first-order chi connectivity index (χ1) is 19.1. The van der Waals surface area contributed by atoms with Crippen LogP contribution in [-0.2, 0) is 27.2 Å². The fraction of sp³-hybridized carbons (Fsp3) is 0.622. The van der Waals surface area contributed by atoms with Gasteiger partial charge in [0, 0.05) is 12.7 Å². The van der Waals surface area contributed by atoms with Gasteiger partial charge in [-0.1, -0.05) is 93.0 Å². The Morgan fingerprint density at radius 1 is 0.902 bits per heavy atom. The number of nitrogens with one attached hydrogen (secondary N) is 1. The molecular formula is C37H65NO3. The van der Waals surface area contributed by atoms with Gasteiger partial charge in [-0.15, -0.1) is 0 Å².